The Labute approximate surface area is 320 Å². The topological polar surface area (TPSA) is 52.1 Å². The Bertz CT molecular complexity index is 3490. The van der Waals surface area contributed by atoms with Gasteiger partial charge < -0.3 is 8.83 Å². The number of para-hydroxylation sites is 1. The highest BCUT2D eigenvalue weighted by Crippen LogP contribution is 2.45. The third-order valence-electron chi connectivity index (χ3n) is 11.3. The third kappa shape index (κ3) is 4.60. The fourth-order valence-electron chi connectivity index (χ4n) is 8.69. The maximum Gasteiger partial charge on any atom is 0.180 e. The van der Waals surface area contributed by atoms with E-state index in [1.54, 1.807) is 0 Å². The second-order valence-electron chi connectivity index (χ2n) is 14.4. The molecule has 0 fully saturated rings. The highest BCUT2D eigenvalue weighted by atomic mass is 16.3. The molecular formula is C52H30N2O2. The molecule has 0 radical (unpaired) electrons. The average Bonchev–Trinajstić information content (AvgIpc) is 3.85. The first-order valence-corrected chi connectivity index (χ1v) is 18.9. The number of hydrogen-bond donors (Lipinski definition) is 0. The maximum absolute atomic E-state index is 6.80. The molecule has 0 aliphatic carbocycles. The number of fused-ring (bicyclic) bond motifs is 12. The molecule has 56 heavy (non-hydrogen) atoms. The van der Waals surface area contributed by atoms with Gasteiger partial charge in [-0.15, -0.1) is 0 Å². The van der Waals surface area contributed by atoms with E-state index < -0.39 is 0 Å². The van der Waals surface area contributed by atoms with Gasteiger partial charge in [0.05, 0.1) is 0 Å². The summed E-state index contributed by atoms with van der Waals surface area (Å²) in [4.78, 5) is 10.2. The van der Waals surface area contributed by atoms with Crippen molar-refractivity contribution in [3.05, 3.63) is 182 Å². The molecule has 0 spiro atoms. The average molecular weight is 715 g/mol. The van der Waals surface area contributed by atoms with E-state index in [1.165, 1.54) is 32.3 Å². The van der Waals surface area contributed by atoms with Crippen LogP contribution in [-0.4, -0.2) is 9.97 Å². The number of hydrogen-bond acceptors (Lipinski definition) is 4. The molecule has 3 heterocycles. The van der Waals surface area contributed by atoms with Crippen LogP contribution in [0, 0.1) is 0 Å². The van der Waals surface area contributed by atoms with Gasteiger partial charge in [0.25, 0.3) is 0 Å². The molecule has 12 rings (SSSR count). The van der Waals surface area contributed by atoms with Crippen molar-refractivity contribution in [2.75, 3.05) is 0 Å². The van der Waals surface area contributed by atoms with E-state index in [0.717, 1.165) is 77.5 Å². The highest BCUT2D eigenvalue weighted by Gasteiger charge is 2.22. The molecule has 12 aromatic rings. The van der Waals surface area contributed by atoms with Crippen molar-refractivity contribution in [3.63, 3.8) is 0 Å². The molecule has 0 saturated carbocycles. The Hall–Kier alpha value is -7.56. The van der Waals surface area contributed by atoms with Crippen molar-refractivity contribution in [1.82, 2.24) is 9.97 Å². The summed E-state index contributed by atoms with van der Waals surface area (Å²) in [5.41, 5.74) is 10.9. The zero-order valence-corrected chi connectivity index (χ0v) is 30.0. The number of nitrogens with zero attached hydrogens (tertiary/aromatic N) is 2. The molecule has 0 saturated heterocycles. The fraction of sp³-hybridized carbons (Fsp3) is 0. The van der Waals surface area contributed by atoms with Crippen LogP contribution in [0.4, 0.5) is 0 Å². The summed E-state index contributed by atoms with van der Waals surface area (Å²) in [5.74, 6) is 0.658. The van der Waals surface area contributed by atoms with Gasteiger partial charge in [0.1, 0.15) is 28.0 Å². The summed E-state index contributed by atoms with van der Waals surface area (Å²) in [6, 6.07) is 63.8. The van der Waals surface area contributed by atoms with Gasteiger partial charge in [-0.25, -0.2) is 9.97 Å². The quantitative estimate of drug-likeness (QED) is 0.170. The SMILES string of the molecule is c1ccc(-c2nc(-c3ccccc3)c3oc4ccc(-c5ccc(-c6ccc7c8ccccc8c8ccccc8c7c6)c6c5oc5ccccc56)cc4c3n2)cc1. The molecule has 0 aliphatic heterocycles. The van der Waals surface area contributed by atoms with Crippen molar-refractivity contribution in [3.8, 4) is 44.9 Å². The Kier molecular flexibility index (Phi) is 6.60. The smallest absolute Gasteiger partial charge is 0.180 e. The van der Waals surface area contributed by atoms with Crippen LogP contribution in [0.3, 0.4) is 0 Å². The van der Waals surface area contributed by atoms with Crippen LogP contribution in [0.5, 0.6) is 0 Å². The second kappa shape index (κ2) is 12.0. The van der Waals surface area contributed by atoms with Crippen LogP contribution in [0.1, 0.15) is 0 Å². The van der Waals surface area contributed by atoms with Crippen molar-refractivity contribution >= 4 is 76.3 Å². The lowest BCUT2D eigenvalue weighted by molar-refractivity contribution is 0.667. The van der Waals surface area contributed by atoms with Crippen LogP contribution in [0.15, 0.2) is 191 Å². The number of rotatable bonds is 4. The van der Waals surface area contributed by atoms with Gasteiger partial charge in [-0.3, -0.25) is 0 Å². The lowest BCUT2D eigenvalue weighted by atomic mass is 9.90. The standard InChI is InChI=1S/C52H30N2O2/c1-3-13-31(14-4-1)48-51-49(54-52(53-48)32-15-5-2-6-16-32)44-30-34(24-28-46(44)56-51)36-27-26-35(47-42-21-11-12-22-45(42)55-50(36)47)33-23-25-41-39-19-8-7-17-37(39)38-18-9-10-20-40(38)43(41)29-33/h1-30H. The minimum absolute atomic E-state index is 0.658. The number of benzene rings is 9. The predicted molar refractivity (Wildman–Crippen MR) is 231 cm³/mol. The van der Waals surface area contributed by atoms with Crippen molar-refractivity contribution < 1.29 is 8.83 Å². The van der Waals surface area contributed by atoms with Gasteiger partial charge in [-0.2, -0.15) is 0 Å². The van der Waals surface area contributed by atoms with Crippen molar-refractivity contribution in [1.29, 1.82) is 0 Å². The van der Waals surface area contributed by atoms with E-state index in [9.17, 15) is 0 Å². The largest absolute Gasteiger partial charge is 0.455 e. The molecule has 4 heteroatoms. The van der Waals surface area contributed by atoms with Gasteiger partial charge in [0.2, 0.25) is 0 Å². The third-order valence-corrected chi connectivity index (χ3v) is 11.3. The van der Waals surface area contributed by atoms with Crippen LogP contribution < -0.4 is 0 Å². The summed E-state index contributed by atoms with van der Waals surface area (Å²) < 4.78 is 13.4. The van der Waals surface area contributed by atoms with Gasteiger partial charge in [-0.1, -0.05) is 152 Å². The predicted octanol–water partition coefficient (Wildman–Crippen LogP) is 14.4. The highest BCUT2D eigenvalue weighted by molar-refractivity contribution is 6.26. The minimum Gasteiger partial charge on any atom is -0.455 e. The van der Waals surface area contributed by atoms with Crippen LogP contribution in [0.2, 0.25) is 0 Å². The van der Waals surface area contributed by atoms with Crippen LogP contribution >= 0.6 is 0 Å². The van der Waals surface area contributed by atoms with E-state index in [4.69, 9.17) is 18.8 Å². The van der Waals surface area contributed by atoms with E-state index >= 15 is 0 Å². The molecule has 4 nitrogen and oxygen atoms in total. The van der Waals surface area contributed by atoms with Crippen LogP contribution in [-0.2, 0) is 0 Å². The first-order valence-electron chi connectivity index (χ1n) is 18.9. The summed E-state index contributed by atoms with van der Waals surface area (Å²) in [5, 5.41) is 10.7. The van der Waals surface area contributed by atoms with Crippen molar-refractivity contribution in [2.45, 2.75) is 0 Å². The molecule has 0 N–H and O–H groups in total. The molecule has 0 atom stereocenters. The molecule has 260 valence electrons. The Morgan fingerprint density at radius 1 is 0.321 bits per heavy atom. The zero-order chi connectivity index (χ0) is 36.7. The summed E-state index contributed by atoms with van der Waals surface area (Å²) in [6.45, 7) is 0. The normalized spacial score (nSPS) is 11.9. The summed E-state index contributed by atoms with van der Waals surface area (Å²) in [6.07, 6.45) is 0. The van der Waals surface area contributed by atoms with Gasteiger partial charge >= 0.3 is 0 Å². The number of aromatic nitrogens is 2. The second-order valence-corrected chi connectivity index (χ2v) is 14.4. The van der Waals surface area contributed by atoms with E-state index in [-0.39, 0.29) is 0 Å². The lowest BCUT2D eigenvalue weighted by Crippen LogP contribution is -1.93. The van der Waals surface area contributed by atoms with E-state index in [0.29, 0.717) is 11.4 Å². The fourth-order valence-corrected chi connectivity index (χ4v) is 8.69. The minimum atomic E-state index is 0.658. The molecule has 9 aromatic carbocycles. The van der Waals surface area contributed by atoms with E-state index in [1.807, 2.05) is 60.7 Å². The summed E-state index contributed by atoms with van der Waals surface area (Å²) in [7, 11) is 0. The molecule has 0 aliphatic rings. The van der Waals surface area contributed by atoms with Gasteiger partial charge in [0.15, 0.2) is 11.4 Å². The van der Waals surface area contributed by atoms with Gasteiger partial charge in [0, 0.05) is 32.8 Å². The number of furan rings is 2. The molecule has 0 amide bonds. The lowest BCUT2D eigenvalue weighted by Gasteiger charge is -2.13. The maximum atomic E-state index is 6.80. The molecule has 0 bridgehead atoms. The molecule has 3 aromatic heterocycles. The molecule has 0 unspecified atom stereocenters. The first kappa shape index (κ1) is 30.9. The zero-order valence-electron chi connectivity index (χ0n) is 30.0. The van der Waals surface area contributed by atoms with Gasteiger partial charge in [-0.05, 0) is 79.3 Å². The summed E-state index contributed by atoms with van der Waals surface area (Å²) >= 11 is 0. The Balaban J connectivity index is 1.09. The Morgan fingerprint density at radius 2 is 0.839 bits per heavy atom. The van der Waals surface area contributed by atoms with E-state index in [2.05, 4.69) is 121 Å². The monoisotopic (exact) mass is 714 g/mol. The van der Waals surface area contributed by atoms with Crippen LogP contribution in [0.25, 0.3) is 121 Å². The molecular weight excluding hydrogens is 685 g/mol. The first-order chi connectivity index (χ1) is 27.8. The van der Waals surface area contributed by atoms with Crippen molar-refractivity contribution in [2.24, 2.45) is 0 Å². The Morgan fingerprint density at radius 3 is 1.57 bits per heavy atom.